The van der Waals surface area contributed by atoms with E-state index in [0.29, 0.717) is 23.2 Å². The standard InChI is InChI=1S/C10H10O4/c1-14-9-3-2-7(6-11)4-8(9)5-10(12)13/h2-4,6H,5H2,1H3,(H,12,13). The van der Waals surface area contributed by atoms with Gasteiger partial charge in [-0.05, 0) is 18.2 Å². The Kier molecular flexibility index (Phi) is 3.23. The smallest absolute Gasteiger partial charge is 0.307 e. The van der Waals surface area contributed by atoms with E-state index in [4.69, 9.17) is 9.84 Å². The van der Waals surface area contributed by atoms with E-state index in [-0.39, 0.29) is 6.42 Å². The van der Waals surface area contributed by atoms with Crippen LogP contribution in [-0.2, 0) is 11.2 Å². The van der Waals surface area contributed by atoms with Gasteiger partial charge < -0.3 is 9.84 Å². The van der Waals surface area contributed by atoms with Crippen molar-refractivity contribution >= 4 is 12.3 Å². The van der Waals surface area contributed by atoms with Crippen LogP contribution in [0.15, 0.2) is 18.2 Å². The van der Waals surface area contributed by atoms with E-state index in [9.17, 15) is 9.59 Å². The molecule has 4 heteroatoms. The topological polar surface area (TPSA) is 63.6 Å². The quantitative estimate of drug-likeness (QED) is 0.730. The molecule has 0 spiro atoms. The Hall–Kier alpha value is -1.84. The van der Waals surface area contributed by atoms with Crippen LogP contribution >= 0.6 is 0 Å². The maximum absolute atomic E-state index is 10.5. The van der Waals surface area contributed by atoms with Gasteiger partial charge in [-0.25, -0.2) is 0 Å². The number of aliphatic carboxylic acids is 1. The molecule has 1 N–H and O–H groups in total. The maximum Gasteiger partial charge on any atom is 0.307 e. The molecule has 0 aliphatic carbocycles. The van der Waals surface area contributed by atoms with Crippen molar-refractivity contribution in [1.82, 2.24) is 0 Å². The number of hydrogen-bond acceptors (Lipinski definition) is 3. The van der Waals surface area contributed by atoms with E-state index in [2.05, 4.69) is 0 Å². The summed E-state index contributed by atoms with van der Waals surface area (Å²) < 4.78 is 4.97. The number of benzene rings is 1. The third kappa shape index (κ3) is 2.32. The number of carboxylic acids is 1. The van der Waals surface area contributed by atoms with Gasteiger partial charge >= 0.3 is 5.97 Å². The molecule has 4 nitrogen and oxygen atoms in total. The van der Waals surface area contributed by atoms with Crippen molar-refractivity contribution < 1.29 is 19.4 Å². The lowest BCUT2D eigenvalue weighted by Crippen LogP contribution is -2.03. The molecule has 1 aromatic carbocycles. The fourth-order valence-electron chi connectivity index (χ4n) is 1.17. The maximum atomic E-state index is 10.5. The van der Waals surface area contributed by atoms with Crippen LogP contribution in [0.5, 0.6) is 5.75 Å². The number of rotatable bonds is 4. The van der Waals surface area contributed by atoms with Crippen LogP contribution in [0.3, 0.4) is 0 Å². The van der Waals surface area contributed by atoms with Crippen molar-refractivity contribution in [3.05, 3.63) is 29.3 Å². The van der Waals surface area contributed by atoms with Crippen molar-refractivity contribution in [1.29, 1.82) is 0 Å². The zero-order valence-corrected chi connectivity index (χ0v) is 7.69. The summed E-state index contributed by atoms with van der Waals surface area (Å²) in [6.07, 6.45) is 0.523. The average Bonchev–Trinajstić information content (AvgIpc) is 2.16. The minimum absolute atomic E-state index is 0.148. The van der Waals surface area contributed by atoms with Crippen molar-refractivity contribution in [2.75, 3.05) is 7.11 Å². The van der Waals surface area contributed by atoms with Crippen LogP contribution < -0.4 is 4.74 Å². The molecule has 0 bridgehead atoms. The summed E-state index contributed by atoms with van der Waals surface area (Å²) in [5.74, 6) is -0.468. The predicted molar refractivity (Wildman–Crippen MR) is 49.7 cm³/mol. The molecule has 14 heavy (non-hydrogen) atoms. The Morgan fingerprint density at radius 2 is 2.29 bits per heavy atom. The monoisotopic (exact) mass is 194 g/mol. The third-order valence-electron chi connectivity index (χ3n) is 1.78. The highest BCUT2D eigenvalue weighted by Gasteiger charge is 2.07. The molecule has 0 heterocycles. The van der Waals surface area contributed by atoms with Gasteiger partial charge in [0.05, 0.1) is 13.5 Å². The molecule has 1 aromatic rings. The molecule has 0 radical (unpaired) electrons. The molecule has 74 valence electrons. The van der Waals surface area contributed by atoms with Gasteiger partial charge in [-0.2, -0.15) is 0 Å². The third-order valence-corrected chi connectivity index (χ3v) is 1.78. The second kappa shape index (κ2) is 4.41. The van der Waals surface area contributed by atoms with Gasteiger partial charge in [0.25, 0.3) is 0 Å². The minimum Gasteiger partial charge on any atom is -0.496 e. The molecule has 0 aliphatic heterocycles. The fraction of sp³-hybridized carbons (Fsp3) is 0.200. The predicted octanol–water partition coefficient (Wildman–Crippen LogP) is 1.13. The van der Waals surface area contributed by atoms with E-state index in [1.807, 2.05) is 0 Å². The SMILES string of the molecule is COc1ccc(C=O)cc1CC(=O)O. The Bertz CT molecular complexity index is 357. The van der Waals surface area contributed by atoms with Crippen LogP contribution in [0.4, 0.5) is 0 Å². The zero-order chi connectivity index (χ0) is 10.6. The number of ether oxygens (including phenoxy) is 1. The Morgan fingerprint density at radius 3 is 2.79 bits per heavy atom. The molecule has 1 rings (SSSR count). The number of aldehydes is 1. The highest BCUT2D eigenvalue weighted by atomic mass is 16.5. The van der Waals surface area contributed by atoms with Gasteiger partial charge in [0.2, 0.25) is 0 Å². The molecule has 0 amide bonds. The van der Waals surface area contributed by atoms with Crippen molar-refractivity contribution in [3.8, 4) is 5.75 Å². The Balaban J connectivity index is 3.07. The molecule has 0 atom stereocenters. The minimum atomic E-state index is -0.952. The molecular weight excluding hydrogens is 184 g/mol. The molecule has 0 unspecified atom stereocenters. The second-order valence-electron chi connectivity index (χ2n) is 2.76. The van der Waals surface area contributed by atoms with Gasteiger partial charge in [0.1, 0.15) is 12.0 Å². The summed E-state index contributed by atoms with van der Waals surface area (Å²) in [5.41, 5.74) is 0.951. The first-order valence-electron chi connectivity index (χ1n) is 4.01. The van der Waals surface area contributed by atoms with Gasteiger partial charge in [0, 0.05) is 11.1 Å². The summed E-state index contributed by atoms with van der Waals surface area (Å²) in [7, 11) is 1.46. The van der Waals surface area contributed by atoms with E-state index in [1.165, 1.54) is 13.2 Å². The molecule has 0 saturated heterocycles. The van der Waals surface area contributed by atoms with Crippen LogP contribution in [0.25, 0.3) is 0 Å². The molecular formula is C10H10O4. The second-order valence-corrected chi connectivity index (χ2v) is 2.76. The number of carbonyl (C=O) groups excluding carboxylic acids is 1. The number of carboxylic acid groups (broad SMARTS) is 1. The first-order chi connectivity index (χ1) is 6.67. The molecule has 0 aromatic heterocycles. The first kappa shape index (κ1) is 10.2. The van der Waals surface area contributed by atoms with Crippen molar-refractivity contribution in [2.24, 2.45) is 0 Å². The summed E-state index contributed by atoms with van der Waals surface area (Å²) >= 11 is 0. The van der Waals surface area contributed by atoms with Crippen molar-refractivity contribution in [2.45, 2.75) is 6.42 Å². The normalized spacial score (nSPS) is 9.50. The first-order valence-corrected chi connectivity index (χ1v) is 4.01. The van der Waals surface area contributed by atoms with Crippen LogP contribution in [-0.4, -0.2) is 24.5 Å². The molecule has 0 aliphatic rings. The van der Waals surface area contributed by atoms with Gasteiger partial charge in [-0.1, -0.05) is 0 Å². The van der Waals surface area contributed by atoms with Gasteiger partial charge in [-0.15, -0.1) is 0 Å². The Labute approximate surface area is 81.1 Å². The highest BCUT2D eigenvalue weighted by molar-refractivity contribution is 5.77. The summed E-state index contributed by atoms with van der Waals surface area (Å²) in [6, 6.07) is 4.68. The van der Waals surface area contributed by atoms with E-state index < -0.39 is 5.97 Å². The molecule has 0 saturated carbocycles. The highest BCUT2D eigenvalue weighted by Crippen LogP contribution is 2.19. The fourth-order valence-corrected chi connectivity index (χ4v) is 1.17. The van der Waals surface area contributed by atoms with E-state index >= 15 is 0 Å². The Morgan fingerprint density at radius 1 is 1.57 bits per heavy atom. The van der Waals surface area contributed by atoms with Crippen molar-refractivity contribution in [3.63, 3.8) is 0 Å². The lowest BCUT2D eigenvalue weighted by atomic mass is 10.1. The van der Waals surface area contributed by atoms with Crippen LogP contribution in [0.2, 0.25) is 0 Å². The van der Waals surface area contributed by atoms with E-state index in [1.54, 1.807) is 12.1 Å². The largest absolute Gasteiger partial charge is 0.496 e. The number of carbonyl (C=O) groups is 2. The van der Waals surface area contributed by atoms with Gasteiger partial charge in [-0.3, -0.25) is 9.59 Å². The average molecular weight is 194 g/mol. The zero-order valence-electron chi connectivity index (χ0n) is 7.69. The summed E-state index contributed by atoms with van der Waals surface area (Å²) in [6.45, 7) is 0. The lowest BCUT2D eigenvalue weighted by molar-refractivity contribution is -0.136. The number of methoxy groups -OCH3 is 1. The summed E-state index contributed by atoms with van der Waals surface area (Å²) in [5, 5.41) is 8.61. The van der Waals surface area contributed by atoms with Gasteiger partial charge in [0.15, 0.2) is 0 Å². The number of hydrogen-bond donors (Lipinski definition) is 1. The molecule has 0 fully saturated rings. The van der Waals surface area contributed by atoms with Crippen LogP contribution in [0, 0.1) is 0 Å². The lowest BCUT2D eigenvalue weighted by Gasteiger charge is -2.06. The summed E-state index contributed by atoms with van der Waals surface area (Å²) in [4.78, 5) is 20.9. The van der Waals surface area contributed by atoms with E-state index in [0.717, 1.165) is 0 Å². The van der Waals surface area contributed by atoms with Crippen LogP contribution in [0.1, 0.15) is 15.9 Å².